The number of nitrogen functional groups attached to an aromatic ring is 1. The van der Waals surface area contributed by atoms with Crippen LogP contribution in [0, 0.1) is 0 Å². The van der Waals surface area contributed by atoms with E-state index < -0.39 is 0 Å². The van der Waals surface area contributed by atoms with E-state index in [-0.39, 0.29) is 0 Å². The zero-order valence-corrected chi connectivity index (χ0v) is 6.70. The van der Waals surface area contributed by atoms with Crippen LogP contribution in [0.25, 0.3) is 11.0 Å². The predicted octanol–water partition coefficient (Wildman–Crippen LogP) is 2.02. The minimum Gasteiger partial charge on any atom is -0.468 e. The molecule has 62 valence electrons. The number of benzene rings is 1. The highest BCUT2D eigenvalue weighted by molar-refractivity contribution is 5.81. The molecule has 12 heavy (non-hydrogen) atoms. The minimum atomic E-state index is 0.510. The summed E-state index contributed by atoms with van der Waals surface area (Å²) in [4.78, 5) is 0. The first-order chi connectivity index (χ1) is 5.79. The van der Waals surface area contributed by atoms with Gasteiger partial charge in [-0.2, -0.15) is 0 Å². The van der Waals surface area contributed by atoms with Crippen molar-refractivity contribution >= 4 is 16.7 Å². The number of hydrogen-bond donors (Lipinski definition) is 1. The quantitative estimate of drug-likeness (QED) is 0.654. The number of methoxy groups -OCH3 is 1. The van der Waals surface area contributed by atoms with Crippen LogP contribution in [0.1, 0.15) is 0 Å². The molecule has 1 heterocycles. The van der Waals surface area contributed by atoms with Gasteiger partial charge in [-0.25, -0.2) is 0 Å². The summed E-state index contributed by atoms with van der Waals surface area (Å²) in [5, 5.41) is 0.965. The summed E-state index contributed by atoms with van der Waals surface area (Å²) < 4.78 is 10.2. The zero-order chi connectivity index (χ0) is 8.55. The summed E-state index contributed by atoms with van der Waals surface area (Å²) in [6, 6.07) is 7.28. The highest BCUT2D eigenvalue weighted by Crippen LogP contribution is 2.25. The molecule has 3 heteroatoms. The maximum atomic E-state index is 5.59. The zero-order valence-electron chi connectivity index (χ0n) is 6.70. The van der Waals surface area contributed by atoms with Crippen LogP contribution >= 0.6 is 0 Å². The van der Waals surface area contributed by atoms with Crippen LogP contribution in [0.15, 0.2) is 28.7 Å². The van der Waals surface area contributed by atoms with Gasteiger partial charge in [-0.1, -0.05) is 0 Å². The number of fused-ring (bicyclic) bond motifs is 1. The molecule has 2 rings (SSSR count). The van der Waals surface area contributed by atoms with E-state index in [4.69, 9.17) is 14.9 Å². The summed E-state index contributed by atoms with van der Waals surface area (Å²) in [6.07, 6.45) is 0. The summed E-state index contributed by atoms with van der Waals surface area (Å²) in [7, 11) is 1.57. The largest absolute Gasteiger partial charge is 0.468 e. The first-order valence-corrected chi connectivity index (χ1v) is 3.62. The predicted molar refractivity (Wildman–Crippen MR) is 47.2 cm³/mol. The average Bonchev–Trinajstić information content (AvgIpc) is 2.46. The SMILES string of the molecule is COc1cc2cc(N)ccc2o1. The molecule has 1 aromatic heterocycles. The van der Waals surface area contributed by atoms with Gasteiger partial charge in [-0.15, -0.1) is 0 Å². The van der Waals surface area contributed by atoms with E-state index >= 15 is 0 Å². The number of ether oxygens (including phenoxy) is 1. The Balaban J connectivity index is 2.67. The van der Waals surface area contributed by atoms with E-state index in [1.165, 1.54) is 0 Å². The van der Waals surface area contributed by atoms with Gasteiger partial charge in [-0.3, -0.25) is 0 Å². The van der Waals surface area contributed by atoms with E-state index in [9.17, 15) is 0 Å². The van der Waals surface area contributed by atoms with Crippen molar-refractivity contribution < 1.29 is 9.15 Å². The second kappa shape index (κ2) is 2.44. The standard InChI is InChI=1S/C9H9NO2/c1-11-9-5-6-4-7(10)2-3-8(6)12-9/h2-5H,10H2,1H3. The fourth-order valence-electron chi connectivity index (χ4n) is 1.14. The van der Waals surface area contributed by atoms with Crippen LogP contribution in [-0.2, 0) is 0 Å². The van der Waals surface area contributed by atoms with Gasteiger partial charge in [0, 0.05) is 17.1 Å². The molecular formula is C9H9NO2. The lowest BCUT2D eigenvalue weighted by molar-refractivity contribution is 0.316. The molecular weight excluding hydrogens is 154 g/mol. The van der Waals surface area contributed by atoms with Crippen molar-refractivity contribution in [2.45, 2.75) is 0 Å². The lowest BCUT2D eigenvalue weighted by atomic mass is 10.2. The van der Waals surface area contributed by atoms with Crippen molar-refractivity contribution in [1.29, 1.82) is 0 Å². The Morgan fingerprint density at radius 1 is 1.33 bits per heavy atom. The molecule has 1 aromatic carbocycles. The molecule has 0 radical (unpaired) electrons. The third-order valence-electron chi connectivity index (χ3n) is 1.72. The minimum absolute atomic E-state index is 0.510. The molecule has 0 unspecified atom stereocenters. The Morgan fingerprint density at radius 3 is 2.92 bits per heavy atom. The maximum absolute atomic E-state index is 5.59. The smallest absolute Gasteiger partial charge is 0.285 e. The molecule has 0 aliphatic carbocycles. The fourth-order valence-corrected chi connectivity index (χ4v) is 1.14. The van der Waals surface area contributed by atoms with Crippen LogP contribution in [0.5, 0.6) is 5.95 Å². The summed E-state index contributed by atoms with van der Waals surface area (Å²) in [5.74, 6) is 0.510. The summed E-state index contributed by atoms with van der Waals surface area (Å²) >= 11 is 0. The third-order valence-corrected chi connectivity index (χ3v) is 1.72. The highest BCUT2D eigenvalue weighted by Gasteiger charge is 2.02. The second-order valence-electron chi connectivity index (χ2n) is 2.57. The van der Waals surface area contributed by atoms with Crippen LogP contribution in [0.3, 0.4) is 0 Å². The molecule has 0 aliphatic rings. The Labute approximate surface area is 69.7 Å². The van der Waals surface area contributed by atoms with Crippen LogP contribution in [0.4, 0.5) is 5.69 Å². The maximum Gasteiger partial charge on any atom is 0.285 e. The van der Waals surface area contributed by atoms with Gasteiger partial charge in [-0.05, 0) is 18.2 Å². The Bertz CT molecular complexity index is 406. The topological polar surface area (TPSA) is 48.4 Å². The fraction of sp³-hybridized carbons (Fsp3) is 0.111. The van der Waals surface area contributed by atoms with E-state index in [0.717, 1.165) is 16.7 Å². The molecule has 0 saturated heterocycles. The molecule has 0 atom stereocenters. The molecule has 0 fully saturated rings. The first-order valence-electron chi connectivity index (χ1n) is 3.62. The Hall–Kier alpha value is -1.64. The molecule has 3 nitrogen and oxygen atoms in total. The van der Waals surface area contributed by atoms with E-state index in [1.54, 1.807) is 13.2 Å². The molecule has 0 bridgehead atoms. The van der Waals surface area contributed by atoms with Crippen molar-refractivity contribution in [2.24, 2.45) is 0 Å². The first kappa shape index (κ1) is 7.03. The van der Waals surface area contributed by atoms with Crippen molar-refractivity contribution in [3.63, 3.8) is 0 Å². The molecule has 0 saturated carbocycles. The van der Waals surface area contributed by atoms with Crippen LogP contribution < -0.4 is 10.5 Å². The van der Waals surface area contributed by atoms with Gasteiger partial charge in [0.15, 0.2) is 0 Å². The van der Waals surface area contributed by atoms with E-state index in [1.807, 2.05) is 18.2 Å². The van der Waals surface area contributed by atoms with Gasteiger partial charge in [0.2, 0.25) is 0 Å². The lowest BCUT2D eigenvalue weighted by Gasteiger charge is -1.89. The van der Waals surface area contributed by atoms with Crippen molar-refractivity contribution in [2.75, 3.05) is 12.8 Å². The summed E-state index contributed by atoms with van der Waals surface area (Å²) in [6.45, 7) is 0. The summed E-state index contributed by atoms with van der Waals surface area (Å²) in [5.41, 5.74) is 7.11. The normalized spacial score (nSPS) is 10.4. The third kappa shape index (κ3) is 0.993. The number of nitrogens with two attached hydrogens (primary N) is 1. The van der Waals surface area contributed by atoms with E-state index in [2.05, 4.69) is 0 Å². The number of furan rings is 1. The van der Waals surface area contributed by atoms with E-state index in [0.29, 0.717) is 5.95 Å². The van der Waals surface area contributed by atoms with Gasteiger partial charge < -0.3 is 14.9 Å². The van der Waals surface area contributed by atoms with Gasteiger partial charge in [0.05, 0.1) is 7.11 Å². The lowest BCUT2D eigenvalue weighted by Crippen LogP contribution is -1.80. The van der Waals surface area contributed by atoms with Gasteiger partial charge in [0.25, 0.3) is 5.95 Å². The molecule has 2 aromatic rings. The number of hydrogen-bond acceptors (Lipinski definition) is 3. The average molecular weight is 163 g/mol. The second-order valence-corrected chi connectivity index (χ2v) is 2.57. The van der Waals surface area contributed by atoms with Crippen LogP contribution in [0.2, 0.25) is 0 Å². The van der Waals surface area contributed by atoms with Crippen molar-refractivity contribution in [3.8, 4) is 5.95 Å². The Morgan fingerprint density at radius 2 is 2.17 bits per heavy atom. The molecule has 2 N–H and O–H groups in total. The molecule has 0 amide bonds. The highest BCUT2D eigenvalue weighted by atomic mass is 16.6. The number of rotatable bonds is 1. The number of anilines is 1. The molecule has 0 spiro atoms. The van der Waals surface area contributed by atoms with Crippen LogP contribution in [-0.4, -0.2) is 7.11 Å². The van der Waals surface area contributed by atoms with Crippen molar-refractivity contribution in [1.82, 2.24) is 0 Å². The van der Waals surface area contributed by atoms with Crippen molar-refractivity contribution in [3.05, 3.63) is 24.3 Å². The van der Waals surface area contributed by atoms with Gasteiger partial charge >= 0.3 is 0 Å². The monoisotopic (exact) mass is 163 g/mol. The Kier molecular flexibility index (Phi) is 1.43. The van der Waals surface area contributed by atoms with Gasteiger partial charge in [0.1, 0.15) is 5.58 Å². The molecule has 0 aliphatic heterocycles.